The van der Waals surface area contributed by atoms with E-state index in [-0.39, 0.29) is 12.1 Å². The minimum Gasteiger partial charge on any atom is -0.273 e. The third-order valence-corrected chi connectivity index (χ3v) is 2.80. The van der Waals surface area contributed by atoms with Crippen molar-refractivity contribution in [3.8, 4) is 0 Å². The first-order valence-electron chi connectivity index (χ1n) is 6.67. The van der Waals surface area contributed by atoms with Gasteiger partial charge in [0, 0.05) is 6.21 Å². The summed E-state index contributed by atoms with van der Waals surface area (Å²) in [6.45, 7) is 0. The van der Waals surface area contributed by atoms with Crippen molar-refractivity contribution < 1.29 is 4.79 Å². The van der Waals surface area contributed by atoms with Crippen molar-refractivity contribution in [1.82, 2.24) is 20.6 Å². The lowest BCUT2D eigenvalue weighted by Crippen LogP contribution is -2.31. The molecule has 1 amide bonds. The molecule has 1 aromatic carbocycles. The SMILES string of the molecule is O=C(Cc1n[nH]c(=O)[nH]c1=O)N/N=C\CCc1ccccc1. The van der Waals surface area contributed by atoms with Crippen molar-refractivity contribution >= 4 is 12.1 Å². The van der Waals surface area contributed by atoms with Crippen LogP contribution in [0, 0.1) is 0 Å². The standard InChI is InChI=1S/C14H15N5O3/c20-12(9-11-13(21)16-14(22)19-17-11)18-15-8-4-7-10-5-2-1-3-6-10/h1-3,5-6,8H,4,7,9H2,(H,18,20)(H2,16,19,21,22)/b15-8-. The van der Waals surface area contributed by atoms with E-state index in [9.17, 15) is 14.4 Å². The van der Waals surface area contributed by atoms with Crippen LogP contribution in [0.4, 0.5) is 0 Å². The fourth-order valence-electron chi connectivity index (χ4n) is 1.74. The highest BCUT2D eigenvalue weighted by Crippen LogP contribution is 2.00. The second kappa shape index (κ2) is 7.67. The van der Waals surface area contributed by atoms with Gasteiger partial charge in [-0.15, -0.1) is 0 Å². The highest BCUT2D eigenvalue weighted by atomic mass is 16.2. The monoisotopic (exact) mass is 301 g/mol. The van der Waals surface area contributed by atoms with Crippen LogP contribution in [0.15, 0.2) is 45.0 Å². The minimum atomic E-state index is -0.715. The maximum Gasteiger partial charge on any atom is 0.342 e. The average Bonchev–Trinajstić information content (AvgIpc) is 2.51. The molecule has 2 aromatic rings. The number of amides is 1. The molecule has 1 aromatic heterocycles. The zero-order chi connectivity index (χ0) is 15.8. The Bertz CT molecular complexity index is 764. The van der Waals surface area contributed by atoms with Crippen LogP contribution in [0.5, 0.6) is 0 Å². The van der Waals surface area contributed by atoms with E-state index in [1.54, 1.807) is 6.21 Å². The van der Waals surface area contributed by atoms with Gasteiger partial charge >= 0.3 is 5.69 Å². The third kappa shape index (κ3) is 4.82. The molecule has 0 saturated heterocycles. The Kier molecular flexibility index (Phi) is 5.36. The molecule has 0 bridgehead atoms. The van der Waals surface area contributed by atoms with Crippen molar-refractivity contribution in [1.29, 1.82) is 0 Å². The number of H-pyrrole nitrogens is 2. The first-order valence-corrected chi connectivity index (χ1v) is 6.67. The Hall–Kier alpha value is -3.03. The molecule has 0 unspecified atom stereocenters. The lowest BCUT2D eigenvalue weighted by atomic mass is 10.1. The maximum atomic E-state index is 11.6. The Labute approximate surface area is 125 Å². The van der Waals surface area contributed by atoms with Gasteiger partial charge in [-0.3, -0.25) is 14.6 Å². The molecule has 2 rings (SSSR count). The van der Waals surface area contributed by atoms with E-state index in [0.29, 0.717) is 6.42 Å². The third-order valence-electron chi connectivity index (χ3n) is 2.80. The Morgan fingerprint density at radius 1 is 1.27 bits per heavy atom. The molecule has 0 atom stereocenters. The predicted octanol–water partition coefficient (Wildman–Crippen LogP) is -0.264. The van der Waals surface area contributed by atoms with Gasteiger partial charge in [0.05, 0.1) is 6.42 Å². The van der Waals surface area contributed by atoms with Crippen molar-refractivity contribution in [2.24, 2.45) is 5.10 Å². The highest BCUT2D eigenvalue weighted by molar-refractivity contribution is 5.78. The summed E-state index contributed by atoms with van der Waals surface area (Å²) in [5.41, 5.74) is 2.01. The summed E-state index contributed by atoms with van der Waals surface area (Å²) < 4.78 is 0. The number of hydrogen-bond acceptors (Lipinski definition) is 5. The molecule has 0 fully saturated rings. The van der Waals surface area contributed by atoms with Crippen LogP contribution in [-0.4, -0.2) is 27.3 Å². The second-order valence-electron chi connectivity index (χ2n) is 4.50. The van der Waals surface area contributed by atoms with Crippen LogP contribution in [0.25, 0.3) is 0 Å². The molecule has 3 N–H and O–H groups in total. The second-order valence-corrected chi connectivity index (χ2v) is 4.50. The van der Waals surface area contributed by atoms with Gasteiger partial charge in [0.1, 0.15) is 5.69 Å². The van der Waals surface area contributed by atoms with Gasteiger partial charge in [0.15, 0.2) is 0 Å². The number of carbonyl (C=O) groups excluding carboxylic acids is 1. The van der Waals surface area contributed by atoms with Crippen molar-refractivity contribution in [2.45, 2.75) is 19.3 Å². The quantitative estimate of drug-likeness (QED) is 0.502. The fourth-order valence-corrected chi connectivity index (χ4v) is 1.74. The summed E-state index contributed by atoms with van der Waals surface area (Å²) >= 11 is 0. The van der Waals surface area contributed by atoms with Gasteiger partial charge in [-0.25, -0.2) is 15.3 Å². The van der Waals surface area contributed by atoms with E-state index in [4.69, 9.17) is 0 Å². The van der Waals surface area contributed by atoms with E-state index in [0.717, 1.165) is 6.42 Å². The molecule has 8 heteroatoms. The van der Waals surface area contributed by atoms with Crippen LogP contribution in [0.2, 0.25) is 0 Å². The molecule has 8 nitrogen and oxygen atoms in total. The van der Waals surface area contributed by atoms with Gasteiger partial charge in [0.25, 0.3) is 5.56 Å². The summed E-state index contributed by atoms with van der Waals surface area (Å²) in [5, 5.41) is 9.36. The smallest absolute Gasteiger partial charge is 0.273 e. The molecule has 0 aliphatic carbocycles. The zero-order valence-corrected chi connectivity index (χ0v) is 11.7. The molecule has 0 spiro atoms. The lowest BCUT2D eigenvalue weighted by Gasteiger charge is -1.99. The number of rotatable bonds is 6. The molecule has 0 aliphatic heterocycles. The average molecular weight is 301 g/mol. The summed E-state index contributed by atoms with van der Waals surface area (Å²) in [6.07, 6.45) is 2.83. The summed E-state index contributed by atoms with van der Waals surface area (Å²) in [5.74, 6) is -0.485. The van der Waals surface area contributed by atoms with E-state index in [2.05, 4.69) is 20.7 Å². The van der Waals surface area contributed by atoms with Gasteiger partial charge in [0.2, 0.25) is 5.91 Å². The lowest BCUT2D eigenvalue weighted by molar-refractivity contribution is -0.120. The summed E-state index contributed by atoms with van der Waals surface area (Å²) in [6, 6.07) is 9.90. The first kappa shape index (κ1) is 15.4. The van der Waals surface area contributed by atoms with Gasteiger partial charge in [-0.2, -0.15) is 10.2 Å². The van der Waals surface area contributed by atoms with E-state index < -0.39 is 17.2 Å². The molecule has 0 aliphatic rings. The number of benzene rings is 1. The van der Waals surface area contributed by atoms with Crippen LogP contribution >= 0.6 is 0 Å². The predicted molar refractivity (Wildman–Crippen MR) is 80.6 cm³/mol. The molecular weight excluding hydrogens is 286 g/mol. The largest absolute Gasteiger partial charge is 0.342 e. The Morgan fingerprint density at radius 2 is 2.05 bits per heavy atom. The van der Waals surface area contributed by atoms with Crippen LogP contribution in [-0.2, 0) is 17.6 Å². The number of carbonyl (C=O) groups is 1. The van der Waals surface area contributed by atoms with Crippen molar-refractivity contribution in [3.05, 3.63) is 62.4 Å². The number of hydrazone groups is 1. The van der Waals surface area contributed by atoms with Gasteiger partial charge in [-0.05, 0) is 18.4 Å². The normalized spacial score (nSPS) is 10.7. The number of aryl methyl sites for hydroxylation is 1. The summed E-state index contributed by atoms with van der Waals surface area (Å²) in [7, 11) is 0. The van der Waals surface area contributed by atoms with E-state index in [1.165, 1.54) is 5.56 Å². The van der Waals surface area contributed by atoms with E-state index in [1.807, 2.05) is 35.3 Å². The molecular formula is C14H15N5O3. The van der Waals surface area contributed by atoms with Crippen molar-refractivity contribution in [2.75, 3.05) is 0 Å². The number of nitrogens with one attached hydrogen (secondary N) is 3. The molecule has 22 heavy (non-hydrogen) atoms. The van der Waals surface area contributed by atoms with E-state index >= 15 is 0 Å². The Balaban J connectivity index is 1.76. The zero-order valence-electron chi connectivity index (χ0n) is 11.7. The number of aromatic nitrogens is 3. The van der Waals surface area contributed by atoms with Crippen molar-refractivity contribution in [3.63, 3.8) is 0 Å². The fraction of sp³-hybridized carbons (Fsp3) is 0.214. The molecule has 0 radical (unpaired) electrons. The number of aromatic amines is 2. The van der Waals surface area contributed by atoms with Gasteiger partial charge < -0.3 is 0 Å². The topological polar surface area (TPSA) is 120 Å². The van der Waals surface area contributed by atoms with Gasteiger partial charge in [-0.1, -0.05) is 30.3 Å². The number of hydrogen-bond donors (Lipinski definition) is 3. The van der Waals surface area contributed by atoms with Crippen LogP contribution in [0.3, 0.4) is 0 Å². The van der Waals surface area contributed by atoms with Crippen LogP contribution < -0.4 is 16.7 Å². The van der Waals surface area contributed by atoms with Crippen LogP contribution in [0.1, 0.15) is 17.7 Å². The Morgan fingerprint density at radius 3 is 2.77 bits per heavy atom. The molecule has 1 heterocycles. The minimum absolute atomic E-state index is 0.0726. The molecule has 114 valence electrons. The highest BCUT2D eigenvalue weighted by Gasteiger charge is 2.08. The molecule has 0 saturated carbocycles. The summed E-state index contributed by atoms with van der Waals surface area (Å²) in [4.78, 5) is 35.7. The number of nitrogens with zero attached hydrogens (tertiary/aromatic N) is 2. The maximum absolute atomic E-state index is 11.6. The first-order chi connectivity index (χ1) is 10.6.